The molecule has 8 heteroatoms. The average Bonchev–Trinajstić information content (AvgIpc) is 3.57. The van der Waals surface area contributed by atoms with Gasteiger partial charge < -0.3 is 19.8 Å². The van der Waals surface area contributed by atoms with Gasteiger partial charge in [0.1, 0.15) is 11.8 Å². The van der Waals surface area contributed by atoms with Crippen molar-refractivity contribution in [2.24, 2.45) is 0 Å². The van der Waals surface area contributed by atoms with E-state index in [9.17, 15) is 19.8 Å². The molecule has 1 unspecified atom stereocenters. The van der Waals surface area contributed by atoms with Crippen molar-refractivity contribution in [3.8, 4) is 11.1 Å². The molecule has 3 N–H and O–H groups in total. The van der Waals surface area contributed by atoms with E-state index in [1.807, 2.05) is 35.2 Å². The molecule has 0 spiro atoms. The number of carbonyl (C=O) groups is 2. The van der Waals surface area contributed by atoms with Gasteiger partial charge in [-0.05, 0) is 55.2 Å². The van der Waals surface area contributed by atoms with Crippen LogP contribution in [-0.4, -0.2) is 76.6 Å². The minimum absolute atomic E-state index is 0.0476. The van der Waals surface area contributed by atoms with E-state index < -0.39 is 17.9 Å². The Balaban J connectivity index is 1.36. The van der Waals surface area contributed by atoms with Crippen LogP contribution in [0.5, 0.6) is 0 Å². The summed E-state index contributed by atoms with van der Waals surface area (Å²) in [5.74, 6) is -0.0476. The summed E-state index contributed by atoms with van der Waals surface area (Å²) >= 11 is 0. The van der Waals surface area contributed by atoms with E-state index in [0.717, 1.165) is 11.1 Å². The summed E-state index contributed by atoms with van der Waals surface area (Å²) in [4.78, 5) is 28.2. The summed E-state index contributed by atoms with van der Waals surface area (Å²) in [6, 6.07) is 14.8. The predicted octanol–water partition coefficient (Wildman–Crippen LogP) is 2.52. The first kappa shape index (κ1) is 22.3. The molecule has 1 atom stereocenters. The highest BCUT2D eigenvalue weighted by Gasteiger charge is 2.50. The number of piperazine rings is 1. The molecule has 2 fully saturated rings. The van der Waals surface area contributed by atoms with Crippen LogP contribution in [0.2, 0.25) is 0 Å². The highest BCUT2D eigenvalue weighted by atomic mass is 16.5. The van der Waals surface area contributed by atoms with Crippen molar-refractivity contribution in [1.82, 2.24) is 9.80 Å². The van der Waals surface area contributed by atoms with Crippen molar-refractivity contribution in [1.29, 1.82) is 0 Å². The van der Waals surface area contributed by atoms with Gasteiger partial charge in [-0.3, -0.25) is 15.0 Å². The number of aliphatic hydroxyl groups excluding tert-OH is 1. The fraction of sp³-hybridized carbons (Fsp3) is 0.417. The van der Waals surface area contributed by atoms with Gasteiger partial charge in [0, 0.05) is 37.4 Å². The number of carbonyl (C=O) groups excluding carboxylic acids is 2. The van der Waals surface area contributed by atoms with Crippen molar-refractivity contribution in [3.05, 3.63) is 54.1 Å². The van der Waals surface area contributed by atoms with Gasteiger partial charge in [0.15, 0.2) is 0 Å². The SMILES string of the molecule is CCOC(=O)Nc1cccc(-c2ccc(C(=O)N3CCN(C(O)C4(O)CC4)CC3)cc2)c1. The molecule has 4 rings (SSSR count). The van der Waals surface area contributed by atoms with Gasteiger partial charge in [-0.25, -0.2) is 4.79 Å². The standard InChI is InChI=1S/C24H29N3O5/c1-2-32-23(30)25-20-5-3-4-19(16-20)17-6-8-18(9-7-17)21(28)26-12-14-27(15-13-26)22(29)24(31)10-11-24/h3-9,16,22,29,31H,2,10-15H2,1H3,(H,25,30). The number of hydrogen-bond donors (Lipinski definition) is 3. The molecule has 1 aliphatic carbocycles. The number of amides is 2. The van der Waals surface area contributed by atoms with Crippen LogP contribution in [0.4, 0.5) is 10.5 Å². The molecular weight excluding hydrogens is 410 g/mol. The van der Waals surface area contributed by atoms with Crippen LogP contribution in [0.1, 0.15) is 30.1 Å². The van der Waals surface area contributed by atoms with Gasteiger partial charge in [0.2, 0.25) is 0 Å². The fourth-order valence-corrected chi connectivity index (χ4v) is 3.95. The van der Waals surface area contributed by atoms with Crippen molar-refractivity contribution in [3.63, 3.8) is 0 Å². The minimum Gasteiger partial charge on any atom is -0.450 e. The largest absolute Gasteiger partial charge is 0.450 e. The number of benzene rings is 2. The van der Waals surface area contributed by atoms with Crippen LogP contribution in [0.3, 0.4) is 0 Å². The predicted molar refractivity (Wildman–Crippen MR) is 120 cm³/mol. The lowest BCUT2D eigenvalue weighted by Crippen LogP contribution is -2.55. The molecule has 1 heterocycles. The number of nitrogens with zero attached hydrogens (tertiary/aromatic N) is 2. The van der Waals surface area contributed by atoms with Crippen LogP contribution in [0.15, 0.2) is 48.5 Å². The molecule has 2 aromatic carbocycles. The lowest BCUT2D eigenvalue weighted by molar-refractivity contribution is -0.108. The van der Waals surface area contributed by atoms with E-state index in [4.69, 9.17) is 4.74 Å². The summed E-state index contributed by atoms with van der Waals surface area (Å²) in [5, 5.41) is 23.1. The topological polar surface area (TPSA) is 102 Å². The van der Waals surface area contributed by atoms with Gasteiger partial charge in [-0.2, -0.15) is 0 Å². The Morgan fingerprint density at radius 3 is 2.38 bits per heavy atom. The normalized spacial score (nSPS) is 18.7. The first-order valence-corrected chi connectivity index (χ1v) is 11.0. The number of nitrogens with one attached hydrogen (secondary N) is 1. The first-order chi connectivity index (χ1) is 15.4. The van der Waals surface area contributed by atoms with Crippen LogP contribution < -0.4 is 5.32 Å². The molecule has 8 nitrogen and oxygen atoms in total. The third-order valence-electron chi connectivity index (χ3n) is 6.04. The molecule has 0 bridgehead atoms. The zero-order chi connectivity index (χ0) is 22.7. The molecule has 0 aromatic heterocycles. The number of rotatable bonds is 6. The van der Waals surface area contributed by atoms with Crippen molar-refractivity contribution >= 4 is 17.7 Å². The van der Waals surface area contributed by atoms with Crippen molar-refractivity contribution in [2.45, 2.75) is 31.6 Å². The van der Waals surface area contributed by atoms with E-state index >= 15 is 0 Å². The molecule has 32 heavy (non-hydrogen) atoms. The maximum Gasteiger partial charge on any atom is 0.411 e. The number of ether oxygens (including phenoxy) is 1. The molecule has 2 aromatic rings. The Morgan fingerprint density at radius 1 is 1.06 bits per heavy atom. The first-order valence-electron chi connectivity index (χ1n) is 11.0. The molecule has 1 aliphatic heterocycles. The van der Waals surface area contributed by atoms with Gasteiger partial charge in [-0.15, -0.1) is 0 Å². The molecular formula is C24H29N3O5. The van der Waals surface area contributed by atoms with Gasteiger partial charge in [-0.1, -0.05) is 24.3 Å². The van der Waals surface area contributed by atoms with E-state index in [1.54, 1.807) is 30.0 Å². The Hall–Kier alpha value is -2.94. The van der Waals surface area contributed by atoms with E-state index in [2.05, 4.69) is 5.32 Å². The van der Waals surface area contributed by atoms with Crippen LogP contribution in [0.25, 0.3) is 11.1 Å². The monoisotopic (exact) mass is 439 g/mol. The highest BCUT2D eigenvalue weighted by molar-refractivity contribution is 5.95. The third kappa shape index (κ3) is 4.93. The highest BCUT2D eigenvalue weighted by Crippen LogP contribution is 2.39. The minimum atomic E-state index is -0.967. The number of hydrogen-bond acceptors (Lipinski definition) is 6. The second kappa shape index (κ2) is 9.28. The third-order valence-corrected chi connectivity index (χ3v) is 6.04. The second-order valence-electron chi connectivity index (χ2n) is 8.31. The van der Waals surface area contributed by atoms with Gasteiger partial charge in [0.25, 0.3) is 5.91 Å². The maximum absolute atomic E-state index is 12.9. The molecule has 2 aliphatic rings. The maximum atomic E-state index is 12.9. The molecule has 170 valence electrons. The summed E-state index contributed by atoms with van der Waals surface area (Å²) in [6.07, 6.45) is -0.0965. The summed E-state index contributed by atoms with van der Waals surface area (Å²) in [7, 11) is 0. The van der Waals surface area contributed by atoms with E-state index in [-0.39, 0.29) is 5.91 Å². The van der Waals surface area contributed by atoms with Crippen LogP contribution >= 0.6 is 0 Å². The lowest BCUT2D eigenvalue weighted by Gasteiger charge is -2.38. The van der Waals surface area contributed by atoms with Gasteiger partial charge >= 0.3 is 6.09 Å². The molecule has 1 saturated heterocycles. The Morgan fingerprint density at radius 2 is 1.75 bits per heavy atom. The van der Waals surface area contributed by atoms with Crippen LogP contribution in [0, 0.1) is 0 Å². The van der Waals surface area contributed by atoms with Crippen LogP contribution in [-0.2, 0) is 4.74 Å². The Labute approximate surface area is 187 Å². The summed E-state index contributed by atoms with van der Waals surface area (Å²) in [6.45, 7) is 4.14. The quantitative estimate of drug-likeness (QED) is 0.639. The van der Waals surface area contributed by atoms with Gasteiger partial charge in [0.05, 0.1) is 6.61 Å². The number of aliphatic hydroxyl groups is 2. The molecule has 2 amide bonds. The summed E-state index contributed by atoms with van der Waals surface area (Å²) < 4.78 is 4.91. The number of anilines is 1. The molecule has 0 radical (unpaired) electrons. The smallest absolute Gasteiger partial charge is 0.411 e. The molecule has 1 saturated carbocycles. The average molecular weight is 440 g/mol. The zero-order valence-corrected chi connectivity index (χ0v) is 18.2. The summed E-state index contributed by atoms with van der Waals surface area (Å²) in [5.41, 5.74) is 2.12. The van der Waals surface area contributed by atoms with Crippen molar-refractivity contribution < 1.29 is 24.5 Å². The Kier molecular flexibility index (Phi) is 6.45. The van der Waals surface area contributed by atoms with Crippen molar-refractivity contribution in [2.75, 3.05) is 38.1 Å². The second-order valence-corrected chi connectivity index (χ2v) is 8.31. The Bertz CT molecular complexity index is 966. The lowest BCUT2D eigenvalue weighted by atomic mass is 10.0. The van der Waals surface area contributed by atoms with E-state index in [0.29, 0.717) is 56.9 Å². The fourth-order valence-electron chi connectivity index (χ4n) is 3.95. The zero-order valence-electron chi connectivity index (χ0n) is 18.2. The van der Waals surface area contributed by atoms with E-state index in [1.165, 1.54) is 0 Å².